The standard InChI is InChI=1S/C26H34F3N3O5S/c1-5-7-14-30-25(34)23(6-2)31(17-19-10-8-13-22(15-19)37-3)24(33)18-32(38(4,35)36)21-12-9-11-20(16-21)26(27,28)29/h8-13,15-16,23H,5-7,14,17-18H2,1-4H3,(H,30,34). The number of nitrogens with zero attached hydrogens (tertiary/aromatic N) is 2. The number of alkyl halides is 3. The lowest BCUT2D eigenvalue weighted by molar-refractivity contribution is -0.140. The highest BCUT2D eigenvalue weighted by Gasteiger charge is 2.34. The molecule has 0 heterocycles. The van der Waals surface area contributed by atoms with Gasteiger partial charge in [-0.1, -0.05) is 38.5 Å². The van der Waals surface area contributed by atoms with Crippen LogP contribution < -0.4 is 14.4 Å². The van der Waals surface area contributed by atoms with E-state index < -0.39 is 46.2 Å². The van der Waals surface area contributed by atoms with Gasteiger partial charge in [0.1, 0.15) is 18.3 Å². The van der Waals surface area contributed by atoms with E-state index in [2.05, 4.69) is 5.32 Å². The highest BCUT2D eigenvalue weighted by Crippen LogP contribution is 2.32. The van der Waals surface area contributed by atoms with Crippen LogP contribution in [0.2, 0.25) is 0 Å². The van der Waals surface area contributed by atoms with Crippen LogP contribution in [0.1, 0.15) is 44.2 Å². The van der Waals surface area contributed by atoms with Crippen molar-refractivity contribution in [1.29, 1.82) is 0 Å². The molecule has 38 heavy (non-hydrogen) atoms. The molecule has 0 aromatic heterocycles. The Labute approximate surface area is 221 Å². The van der Waals surface area contributed by atoms with Crippen molar-refractivity contribution in [3.63, 3.8) is 0 Å². The molecule has 0 aliphatic carbocycles. The summed E-state index contributed by atoms with van der Waals surface area (Å²) in [7, 11) is -2.68. The van der Waals surface area contributed by atoms with Gasteiger partial charge in [0.2, 0.25) is 21.8 Å². The number of nitrogens with one attached hydrogen (secondary N) is 1. The number of methoxy groups -OCH3 is 1. The first kappa shape index (κ1) is 30.9. The molecule has 2 aromatic rings. The number of halogens is 3. The predicted octanol–water partition coefficient (Wildman–Crippen LogP) is 4.20. The number of unbranched alkanes of at least 4 members (excludes halogenated alkanes) is 1. The first-order valence-corrected chi connectivity index (χ1v) is 14.0. The summed E-state index contributed by atoms with van der Waals surface area (Å²) in [6.45, 7) is 3.26. The maximum Gasteiger partial charge on any atom is 0.416 e. The molecule has 0 saturated heterocycles. The second-order valence-electron chi connectivity index (χ2n) is 8.76. The molecular weight excluding hydrogens is 523 g/mol. The number of sulfonamides is 1. The average Bonchev–Trinajstić information content (AvgIpc) is 2.86. The fraction of sp³-hybridized carbons (Fsp3) is 0.462. The van der Waals surface area contributed by atoms with Gasteiger partial charge in [0.25, 0.3) is 0 Å². The molecule has 210 valence electrons. The van der Waals surface area contributed by atoms with Crippen molar-refractivity contribution < 1.29 is 35.9 Å². The fourth-order valence-corrected chi connectivity index (χ4v) is 4.69. The Morgan fingerprint density at radius 2 is 1.76 bits per heavy atom. The van der Waals surface area contributed by atoms with Crippen molar-refractivity contribution >= 4 is 27.5 Å². The summed E-state index contributed by atoms with van der Waals surface area (Å²) in [4.78, 5) is 27.9. The van der Waals surface area contributed by atoms with Gasteiger partial charge in [0.05, 0.1) is 24.6 Å². The SMILES string of the molecule is CCCCNC(=O)C(CC)N(Cc1cccc(OC)c1)C(=O)CN(c1cccc(C(F)(F)F)c1)S(C)(=O)=O. The summed E-state index contributed by atoms with van der Waals surface area (Å²) in [5, 5.41) is 2.80. The van der Waals surface area contributed by atoms with Crippen LogP contribution in [0.4, 0.5) is 18.9 Å². The van der Waals surface area contributed by atoms with Gasteiger partial charge in [-0.2, -0.15) is 13.2 Å². The topological polar surface area (TPSA) is 96.0 Å². The zero-order chi connectivity index (χ0) is 28.5. The van der Waals surface area contributed by atoms with Crippen LogP contribution in [-0.4, -0.2) is 57.6 Å². The van der Waals surface area contributed by atoms with Crippen LogP contribution >= 0.6 is 0 Å². The van der Waals surface area contributed by atoms with E-state index in [9.17, 15) is 31.2 Å². The average molecular weight is 558 g/mol. The molecule has 1 atom stereocenters. The number of ether oxygens (including phenoxy) is 1. The Morgan fingerprint density at radius 1 is 1.08 bits per heavy atom. The zero-order valence-corrected chi connectivity index (χ0v) is 22.7. The van der Waals surface area contributed by atoms with E-state index in [1.807, 2.05) is 6.92 Å². The lowest BCUT2D eigenvalue weighted by Gasteiger charge is -2.33. The van der Waals surface area contributed by atoms with Crippen LogP contribution in [0.15, 0.2) is 48.5 Å². The largest absolute Gasteiger partial charge is 0.497 e. The molecule has 0 saturated carbocycles. The predicted molar refractivity (Wildman–Crippen MR) is 139 cm³/mol. The Balaban J connectivity index is 2.47. The third-order valence-corrected chi connectivity index (χ3v) is 6.98. The number of anilines is 1. The van der Waals surface area contributed by atoms with E-state index in [1.54, 1.807) is 31.2 Å². The van der Waals surface area contributed by atoms with Crippen molar-refractivity contribution in [2.24, 2.45) is 0 Å². The number of hydrogen-bond acceptors (Lipinski definition) is 5. The van der Waals surface area contributed by atoms with Crippen LogP contribution in [0, 0.1) is 0 Å². The van der Waals surface area contributed by atoms with Crippen LogP contribution in [-0.2, 0) is 32.3 Å². The Bertz CT molecular complexity index is 1200. The summed E-state index contributed by atoms with van der Waals surface area (Å²) in [5.41, 5.74) is -0.731. The maximum absolute atomic E-state index is 13.6. The highest BCUT2D eigenvalue weighted by molar-refractivity contribution is 7.92. The highest BCUT2D eigenvalue weighted by atomic mass is 32.2. The van der Waals surface area contributed by atoms with Gasteiger partial charge >= 0.3 is 6.18 Å². The summed E-state index contributed by atoms with van der Waals surface area (Å²) < 4.78 is 71.0. The Hall–Kier alpha value is -3.28. The minimum atomic E-state index is -4.70. The molecule has 2 aromatic carbocycles. The molecule has 0 aliphatic rings. The number of amides is 2. The second kappa shape index (κ2) is 13.5. The third kappa shape index (κ3) is 8.64. The van der Waals surface area contributed by atoms with Gasteiger partial charge in [0, 0.05) is 13.1 Å². The molecule has 2 amide bonds. The third-order valence-electron chi connectivity index (χ3n) is 5.84. The van der Waals surface area contributed by atoms with E-state index in [0.29, 0.717) is 28.2 Å². The van der Waals surface area contributed by atoms with Crippen LogP contribution in [0.5, 0.6) is 5.75 Å². The number of rotatable bonds is 13. The molecule has 0 aliphatic heterocycles. The van der Waals surface area contributed by atoms with Crippen molar-refractivity contribution in [2.75, 3.05) is 30.8 Å². The first-order chi connectivity index (χ1) is 17.8. The normalized spacial score (nSPS) is 12.5. The molecule has 0 spiro atoms. The van der Waals surface area contributed by atoms with Crippen molar-refractivity contribution in [2.45, 2.75) is 51.9 Å². The second-order valence-corrected chi connectivity index (χ2v) is 10.7. The van der Waals surface area contributed by atoms with Crippen LogP contribution in [0.25, 0.3) is 0 Å². The number of benzene rings is 2. The van der Waals surface area contributed by atoms with E-state index >= 15 is 0 Å². The number of carbonyl (C=O) groups is 2. The van der Waals surface area contributed by atoms with Gasteiger partial charge in [-0.15, -0.1) is 0 Å². The molecule has 12 heteroatoms. The molecule has 2 rings (SSSR count). The van der Waals surface area contributed by atoms with E-state index in [1.165, 1.54) is 18.1 Å². The molecule has 0 radical (unpaired) electrons. The molecular formula is C26H34F3N3O5S. The summed E-state index contributed by atoms with van der Waals surface area (Å²) in [5.74, 6) is -0.618. The van der Waals surface area contributed by atoms with Gasteiger partial charge < -0.3 is 15.0 Å². The number of carbonyl (C=O) groups excluding carboxylic acids is 2. The van der Waals surface area contributed by atoms with E-state index in [0.717, 1.165) is 31.2 Å². The molecule has 1 unspecified atom stereocenters. The Kier molecular flexibility index (Phi) is 11.0. The summed E-state index contributed by atoms with van der Waals surface area (Å²) >= 11 is 0. The maximum atomic E-state index is 13.6. The molecule has 8 nitrogen and oxygen atoms in total. The lowest BCUT2D eigenvalue weighted by Crippen LogP contribution is -2.52. The summed E-state index contributed by atoms with van der Waals surface area (Å²) in [6, 6.07) is 9.65. The quantitative estimate of drug-likeness (QED) is 0.373. The summed E-state index contributed by atoms with van der Waals surface area (Å²) in [6.07, 6.45) is -2.07. The smallest absolute Gasteiger partial charge is 0.416 e. The van der Waals surface area contributed by atoms with E-state index in [4.69, 9.17) is 4.74 Å². The molecule has 0 fully saturated rings. The van der Waals surface area contributed by atoms with Crippen LogP contribution in [0.3, 0.4) is 0 Å². The van der Waals surface area contributed by atoms with E-state index in [-0.39, 0.29) is 18.7 Å². The van der Waals surface area contributed by atoms with Crippen molar-refractivity contribution in [1.82, 2.24) is 10.2 Å². The molecule has 1 N–H and O–H groups in total. The van der Waals surface area contributed by atoms with Crippen molar-refractivity contribution in [3.8, 4) is 5.75 Å². The number of hydrogen-bond donors (Lipinski definition) is 1. The lowest BCUT2D eigenvalue weighted by atomic mass is 10.1. The Morgan fingerprint density at radius 3 is 2.34 bits per heavy atom. The van der Waals surface area contributed by atoms with Gasteiger partial charge in [0.15, 0.2) is 0 Å². The first-order valence-electron chi connectivity index (χ1n) is 12.2. The fourth-order valence-electron chi connectivity index (χ4n) is 3.84. The van der Waals surface area contributed by atoms with Gasteiger partial charge in [-0.25, -0.2) is 8.42 Å². The zero-order valence-electron chi connectivity index (χ0n) is 21.9. The minimum absolute atomic E-state index is 0.0457. The monoisotopic (exact) mass is 557 g/mol. The molecule has 0 bridgehead atoms. The van der Waals surface area contributed by atoms with Gasteiger partial charge in [-0.3, -0.25) is 13.9 Å². The van der Waals surface area contributed by atoms with Gasteiger partial charge in [-0.05, 0) is 48.7 Å². The van der Waals surface area contributed by atoms with Crippen molar-refractivity contribution in [3.05, 3.63) is 59.7 Å². The minimum Gasteiger partial charge on any atom is -0.497 e.